The van der Waals surface area contributed by atoms with Gasteiger partial charge in [0, 0.05) is 46.5 Å². The topological polar surface area (TPSA) is 29.1 Å². The van der Waals surface area contributed by atoms with E-state index in [0.717, 1.165) is 12.3 Å². The van der Waals surface area contributed by atoms with Crippen LogP contribution in [0.25, 0.3) is 0 Å². The first-order chi connectivity index (χ1) is 7.72. The van der Waals surface area contributed by atoms with E-state index in [1.807, 2.05) is 0 Å². The molecule has 1 N–H and O–H groups in total. The summed E-state index contributed by atoms with van der Waals surface area (Å²) >= 11 is 2.14. The van der Waals surface area contributed by atoms with E-state index in [4.69, 9.17) is 0 Å². The standard InChI is InChI=1S/C11H14INOS2/c1-9(14)6-7-15-16-11-4-2-10(3-5-11)8-13-12/h2-5,13H,6-8H2,1H3. The summed E-state index contributed by atoms with van der Waals surface area (Å²) in [5.41, 5.74) is 1.28. The number of hydrogen-bond acceptors (Lipinski definition) is 4. The molecule has 0 fully saturated rings. The Morgan fingerprint density at radius 1 is 1.38 bits per heavy atom. The minimum Gasteiger partial charge on any atom is -0.300 e. The van der Waals surface area contributed by atoms with Crippen LogP contribution in [-0.4, -0.2) is 11.5 Å². The summed E-state index contributed by atoms with van der Waals surface area (Å²) < 4.78 is 3.09. The highest BCUT2D eigenvalue weighted by Gasteiger charge is 1.98. The lowest BCUT2D eigenvalue weighted by Crippen LogP contribution is -1.96. The second-order valence-corrected chi connectivity index (χ2v) is 6.56. The van der Waals surface area contributed by atoms with E-state index in [-0.39, 0.29) is 5.78 Å². The molecule has 2 nitrogen and oxygen atoms in total. The molecule has 5 heteroatoms. The number of carbonyl (C=O) groups excluding carboxylic acids is 1. The van der Waals surface area contributed by atoms with Crippen LogP contribution in [0.5, 0.6) is 0 Å². The molecule has 0 unspecified atom stereocenters. The number of nitrogens with one attached hydrogen (secondary N) is 1. The summed E-state index contributed by atoms with van der Waals surface area (Å²) in [6.07, 6.45) is 0.661. The van der Waals surface area contributed by atoms with Gasteiger partial charge in [0.05, 0.1) is 0 Å². The zero-order valence-corrected chi connectivity index (χ0v) is 12.8. The number of rotatable bonds is 7. The molecule has 1 aromatic carbocycles. The van der Waals surface area contributed by atoms with Crippen LogP contribution in [0, 0.1) is 0 Å². The quantitative estimate of drug-likeness (QED) is 0.343. The number of Topliss-reactive ketones (excluding diaryl/α,β-unsaturated/α-hetero) is 1. The molecular weight excluding hydrogens is 353 g/mol. The molecule has 0 spiro atoms. The Balaban J connectivity index is 2.29. The summed E-state index contributed by atoms with van der Waals surface area (Å²) in [6.45, 7) is 2.53. The van der Waals surface area contributed by atoms with Crippen LogP contribution >= 0.6 is 44.5 Å². The lowest BCUT2D eigenvalue weighted by molar-refractivity contribution is -0.116. The molecule has 0 saturated carbocycles. The van der Waals surface area contributed by atoms with Crippen LogP contribution in [0.2, 0.25) is 0 Å². The number of ketones is 1. The van der Waals surface area contributed by atoms with Gasteiger partial charge in [0.1, 0.15) is 5.78 Å². The van der Waals surface area contributed by atoms with Gasteiger partial charge >= 0.3 is 0 Å². The Hall–Kier alpha value is 0.280. The van der Waals surface area contributed by atoms with Gasteiger partial charge in [0.25, 0.3) is 0 Å². The van der Waals surface area contributed by atoms with E-state index < -0.39 is 0 Å². The molecule has 88 valence electrons. The van der Waals surface area contributed by atoms with Crippen molar-refractivity contribution in [3.05, 3.63) is 29.8 Å². The number of carbonyl (C=O) groups is 1. The normalized spacial score (nSPS) is 10.4. The van der Waals surface area contributed by atoms with Crippen molar-refractivity contribution in [1.82, 2.24) is 3.53 Å². The SMILES string of the molecule is CC(=O)CCSSc1ccc(CNI)cc1. The fourth-order valence-corrected chi connectivity index (χ4v) is 3.55. The van der Waals surface area contributed by atoms with Crippen LogP contribution in [0.4, 0.5) is 0 Å². The highest BCUT2D eigenvalue weighted by Crippen LogP contribution is 2.31. The van der Waals surface area contributed by atoms with E-state index in [1.54, 1.807) is 28.5 Å². The van der Waals surface area contributed by atoms with E-state index in [2.05, 4.69) is 50.7 Å². The Morgan fingerprint density at radius 3 is 2.62 bits per heavy atom. The number of benzene rings is 1. The van der Waals surface area contributed by atoms with Crippen molar-refractivity contribution in [1.29, 1.82) is 0 Å². The van der Waals surface area contributed by atoms with Gasteiger partial charge in [-0.2, -0.15) is 0 Å². The molecule has 0 aliphatic heterocycles. The van der Waals surface area contributed by atoms with Crippen molar-refractivity contribution in [2.24, 2.45) is 0 Å². The maximum Gasteiger partial charge on any atom is 0.130 e. The number of hydrogen-bond donors (Lipinski definition) is 1. The van der Waals surface area contributed by atoms with Gasteiger partial charge in [-0.3, -0.25) is 8.32 Å². The zero-order valence-electron chi connectivity index (χ0n) is 9.03. The van der Waals surface area contributed by atoms with Crippen molar-refractivity contribution in [3.63, 3.8) is 0 Å². The van der Waals surface area contributed by atoms with E-state index in [9.17, 15) is 4.79 Å². The summed E-state index contributed by atoms with van der Waals surface area (Å²) in [7, 11) is 3.46. The molecule has 0 radical (unpaired) electrons. The van der Waals surface area contributed by atoms with Gasteiger partial charge in [-0.05, 0) is 24.6 Å². The molecule has 0 aliphatic carbocycles. The van der Waals surface area contributed by atoms with Crippen LogP contribution in [0.1, 0.15) is 18.9 Å². The third-order valence-electron chi connectivity index (χ3n) is 1.89. The smallest absolute Gasteiger partial charge is 0.130 e. The van der Waals surface area contributed by atoms with Crippen LogP contribution in [0.3, 0.4) is 0 Å². The van der Waals surface area contributed by atoms with Gasteiger partial charge in [-0.1, -0.05) is 33.7 Å². The van der Waals surface area contributed by atoms with Crippen molar-refractivity contribution >= 4 is 50.2 Å². The molecule has 16 heavy (non-hydrogen) atoms. The lowest BCUT2D eigenvalue weighted by atomic mass is 10.2. The lowest BCUT2D eigenvalue weighted by Gasteiger charge is -2.02. The third kappa shape index (κ3) is 6.12. The Kier molecular flexibility index (Phi) is 7.51. The van der Waals surface area contributed by atoms with E-state index >= 15 is 0 Å². The zero-order chi connectivity index (χ0) is 11.8. The summed E-state index contributed by atoms with van der Waals surface area (Å²) in [5, 5.41) is 0. The van der Waals surface area contributed by atoms with Crippen LogP contribution < -0.4 is 3.53 Å². The summed E-state index contributed by atoms with van der Waals surface area (Å²) in [6, 6.07) is 8.49. The highest BCUT2D eigenvalue weighted by atomic mass is 127. The fraction of sp³-hybridized carbons (Fsp3) is 0.364. The minimum atomic E-state index is 0.261. The third-order valence-corrected chi connectivity index (χ3v) is 4.65. The first-order valence-corrected chi connectivity index (χ1v) is 8.33. The van der Waals surface area contributed by atoms with Gasteiger partial charge in [-0.25, -0.2) is 0 Å². The summed E-state index contributed by atoms with van der Waals surface area (Å²) in [5.74, 6) is 1.15. The molecule has 0 amide bonds. The van der Waals surface area contributed by atoms with Gasteiger partial charge in [0.15, 0.2) is 0 Å². The van der Waals surface area contributed by atoms with E-state index in [0.29, 0.717) is 6.42 Å². The molecule has 0 aliphatic rings. The molecule has 0 saturated heterocycles. The Bertz CT molecular complexity index is 329. The number of halogens is 1. The predicted molar refractivity (Wildman–Crippen MR) is 80.9 cm³/mol. The molecule has 0 atom stereocenters. The van der Waals surface area contributed by atoms with Crippen LogP contribution in [0.15, 0.2) is 29.2 Å². The van der Waals surface area contributed by atoms with Gasteiger partial charge < -0.3 is 0 Å². The van der Waals surface area contributed by atoms with Crippen LogP contribution in [-0.2, 0) is 11.3 Å². The van der Waals surface area contributed by atoms with Gasteiger partial charge in [0.2, 0.25) is 0 Å². The van der Waals surface area contributed by atoms with E-state index in [1.165, 1.54) is 10.5 Å². The maximum atomic E-state index is 10.7. The molecule has 0 aromatic heterocycles. The minimum absolute atomic E-state index is 0.261. The average Bonchev–Trinajstić information content (AvgIpc) is 2.27. The molecule has 1 aromatic rings. The molecule has 1 rings (SSSR count). The predicted octanol–water partition coefficient (Wildman–Crippen LogP) is 3.85. The Morgan fingerprint density at radius 2 is 2.06 bits per heavy atom. The second-order valence-electron chi connectivity index (χ2n) is 3.31. The fourth-order valence-electron chi connectivity index (χ4n) is 1.04. The Labute approximate surface area is 118 Å². The first kappa shape index (κ1) is 14.3. The van der Waals surface area contributed by atoms with Crippen molar-refractivity contribution < 1.29 is 4.79 Å². The molecule has 0 bridgehead atoms. The average molecular weight is 367 g/mol. The summed E-state index contributed by atoms with van der Waals surface area (Å²) in [4.78, 5) is 12.0. The van der Waals surface area contributed by atoms with Crippen molar-refractivity contribution in [2.75, 3.05) is 5.75 Å². The first-order valence-electron chi connectivity index (χ1n) is 4.93. The van der Waals surface area contributed by atoms with Crippen molar-refractivity contribution in [2.45, 2.75) is 24.8 Å². The van der Waals surface area contributed by atoms with Crippen molar-refractivity contribution in [3.8, 4) is 0 Å². The second kappa shape index (κ2) is 8.38. The molecule has 0 heterocycles. The maximum absolute atomic E-state index is 10.7. The molecular formula is C11H14INOS2. The largest absolute Gasteiger partial charge is 0.300 e. The highest BCUT2D eigenvalue weighted by molar-refractivity contribution is 14.1. The monoisotopic (exact) mass is 367 g/mol. The van der Waals surface area contributed by atoms with Gasteiger partial charge in [-0.15, -0.1) is 0 Å².